The predicted molar refractivity (Wildman–Crippen MR) is 122 cm³/mol. The highest BCUT2D eigenvalue weighted by Gasteiger charge is 2.50. The number of halogens is 3. The van der Waals surface area contributed by atoms with Crippen molar-refractivity contribution in [3.63, 3.8) is 0 Å². The van der Waals surface area contributed by atoms with Gasteiger partial charge in [-0.05, 0) is 73.5 Å². The summed E-state index contributed by atoms with van der Waals surface area (Å²) in [4.78, 5) is 8.61. The number of aromatic nitrogens is 1. The van der Waals surface area contributed by atoms with Gasteiger partial charge in [0.2, 0.25) is 0 Å². The summed E-state index contributed by atoms with van der Waals surface area (Å²) < 4.78 is 46.9. The molecule has 3 aliphatic rings. The minimum Gasteiger partial charge on any atom is -0.380 e. The molecule has 1 aromatic carbocycles. The maximum Gasteiger partial charge on any atom is 0.417 e. The summed E-state index contributed by atoms with van der Waals surface area (Å²) in [6.07, 6.45) is 2.48. The zero-order valence-electron chi connectivity index (χ0n) is 19.1. The molecular weight excluding hydrogens is 441 g/mol. The van der Waals surface area contributed by atoms with Crippen molar-refractivity contribution in [2.45, 2.75) is 32.0 Å². The number of alkyl halides is 3. The summed E-state index contributed by atoms with van der Waals surface area (Å²) in [6.45, 7) is 5.38. The molecule has 1 saturated carbocycles. The van der Waals surface area contributed by atoms with Gasteiger partial charge in [-0.1, -0.05) is 0 Å². The Labute approximate surface area is 198 Å². The van der Waals surface area contributed by atoms with Gasteiger partial charge in [0.15, 0.2) is 0 Å². The highest BCUT2D eigenvalue weighted by molar-refractivity contribution is 5.56. The molecule has 8 heteroatoms. The van der Waals surface area contributed by atoms with Crippen LogP contribution in [-0.2, 0) is 17.5 Å². The van der Waals surface area contributed by atoms with Crippen LogP contribution in [0.5, 0.6) is 0 Å². The molecule has 5 nitrogen and oxygen atoms in total. The highest BCUT2D eigenvalue weighted by atomic mass is 19.4. The van der Waals surface area contributed by atoms with E-state index in [1.165, 1.54) is 24.5 Å². The number of nitriles is 1. The van der Waals surface area contributed by atoms with Crippen LogP contribution in [0.25, 0.3) is 0 Å². The van der Waals surface area contributed by atoms with Crippen LogP contribution in [0.15, 0.2) is 42.7 Å². The largest absolute Gasteiger partial charge is 0.417 e. The average molecular weight is 471 g/mol. The maximum absolute atomic E-state index is 13.6. The fraction of sp³-hybridized carbons (Fsp3) is 0.538. The van der Waals surface area contributed by atoms with E-state index in [-0.39, 0.29) is 11.0 Å². The first kappa shape index (κ1) is 23.1. The third-order valence-electron chi connectivity index (χ3n) is 7.53. The van der Waals surface area contributed by atoms with Gasteiger partial charge in [-0.25, -0.2) is 0 Å². The van der Waals surface area contributed by atoms with Crippen molar-refractivity contribution < 1.29 is 17.9 Å². The quantitative estimate of drug-likeness (QED) is 0.586. The van der Waals surface area contributed by atoms with Crippen LogP contribution < -0.4 is 4.90 Å². The number of likely N-dealkylation sites (tertiary alicyclic amines) is 1. The lowest BCUT2D eigenvalue weighted by Gasteiger charge is -2.44. The molecule has 2 atom stereocenters. The van der Waals surface area contributed by atoms with E-state index in [1.807, 2.05) is 12.1 Å². The SMILES string of the molecule is N#Cc1ccc(N2C[C@@H]3CCN(Cc4ccncc4)C[C@]3(COCC3CC3)C2)cc1C(F)(F)F. The van der Waals surface area contributed by atoms with E-state index in [4.69, 9.17) is 10.00 Å². The lowest BCUT2D eigenvalue weighted by Crippen LogP contribution is -2.51. The lowest BCUT2D eigenvalue weighted by molar-refractivity contribution is -0.137. The van der Waals surface area contributed by atoms with Crippen LogP contribution in [0.2, 0.25) is 0 Å². The van der Waals surface area contributed by atoms with Crippen LogP contribution in [-0.4, -0.2) is 49.3 Å². The first-order valence-corrected chi connectivity index (χ1v) is 11.9. The predicted octanol–water partition coefficient (Wildman–Crippen LogP) is 4.73. The van der Waals surface area contributed by atoms with Crippen LogP contribution in [0.4, 0.5) is 18.9 Å². The first-order valence-electron chi connectivity index (χ1n) is 11.9. The van der Waals surface area contributed by atoms with Gasteiger partial charge in [0, 0.05) is 56.3 Å². The number of fused-ring (bicyclic) bond motifs is 1. The molecule has 5 rings (SSSR count). The zero-order chi connectivity index (χ0) is 23.8. The number of anilines is 1. The van der Waals surface area contributed by atoms with Crippen molar-refractivity contribution in [2.75, 3.05) is 44.3 Å². The van der Waals surface area contributed by atoms with Gasteiger partial charge >= 0.3 is 6.18 Å². The number of ether oxygens (including phenoxy) is 1. The Morgan fingerprint density at radius 1 is 1.12 bits per heavy atom. The molecule has 0 radical (unpaired) electrons. The molecule has 34 heavy (non-hydrogen) atoms. The maximum atomic E-state index is 13.6. The van der Waals surface area contributed by atoms with Crippen LogP contribution >= 0.6 is 0 Å². The Morgan fingerprint density at radius 3 is 2.62 bits per heavy atom. The van der Waals surface area contributed by atoms with Crippen LogP contribution in [0, 0.1) is 28.6 Å². The number of benzene rings is 1. The number of pyridine rings is 1. The molecule has 0 N–H and O–H groups in total. The summed E-state index contributed by atoms with van der Waals surface area (Å²) in [5.41, 5.74) is 0.411. The number of nitrogens with zero attached hydrogens (tertiary/aromatic N) is 4. The van der Waals surface area contributed by atoms with Crippen molar-refractivity contribution in [1.29, 1.82) is 5.26 Å². The molecule has 2 saturated heterocycles. The van der Waals surface area contributed by atoms with Crippen LogP contribution in [0.3, 0.4) is 0 Å². The third kappa shape index (κ3) is 4.91. The number of hydrogen-bond donors (Lipinski definition) is 0. The van der Waals surface area contributed by atoms with Gasteiger partial charge in [0.25, 0.3) is 0 Å². The Bertz CT molecular complexity index is 1050. The monoisotopic (exact) mass is 470 g/mol. The normalized spacial score (nSPS) is 25.2. The van der Waals surface area contributed by atoms with Gasteiger partial charge < -0.3 is 9.64 Å². The molecule has 0 spiro atoms. The smallest absolute Gasteiger partial charge is 0.380 e. The Hall–Kier alpha value is -2.63. The molecule has 3 heterocycles. The summed E-state index contributed by atoms with van der Waals surface area (Å²) >= 11 is 0. The molecule has 1 aromatic heterocycles. The van der Waals surface area contributed by atoms with E-state index in [9.17, 15) is 13.2 Å². The molecule has 3 fully saturated rings. The van der Waals surface area contributed by atoms with Crippen molar-refractivity contribution in [3.05, 3.63) is 59.4 Å². The summed E-state index contributed by atoms with van der Waals surface area (Å²) in [7, 11) is 0. The van der Waals surface area contributed by atoms with Crippen molar-refractivity contribution >= 4 is 5.69 Å². The second-order valence-electron chi connectivity index (χ2n) is 10.1. The fourth-order valence-corrected chi connectivity index (χ4v) is 5.53. The van der Waals surface area contributed by atoms with E-state index in [0.29, 0.717) is 37.2 Å². The molecule has 180 valence electrons. The van der Waals surface area contributed by atoms with E-state index in [0.717, 1.165) is 38.7 Å². The topological polar surface area (TPSA) is 52.4 Å². The zero-order valence-corrected chi connectivity index (χ0v) is 19.1. The molecule has 0 bridgehead atoms. The van der Waals surface area contributed by atoms with Gasteiger partial charge in [0.05, 0.1) is 23.8 Å². The van der Waals surface area contributed by atoms with Crippen molar-refractivity contribution in [3.8, 4) is 6.07 Å². The molecule has 1 aliphatic carbocycles. The summed E-state index contributed by atoms with van der Waals surface area (Å²) in [6, 6.07) is 9.83. The number of hydrogen-bond acceptors (Lipinski definition) is 5. The standard InChI is InChI=1S/C26H29F3N4O/c27-26(28,29)24-11-23(4-3-21(24)12-30)33-14-22-7-10-32(13-19-5-8-31-9-6-19)16-25(22,17-33)18-34-15-20-1-2-20/h3-6,8-9,11,20,22H,1-2,7,10,13-18H2/t22-,25+/m0/s1. The van der Waals surface area contributed by atoms with Crippen molar-refractivity contribution in [2.24, 2.45) is 17.3 Å². The summed E-state index contributed by atoms with van der Waals surface area (Å²) in [5, 5.41) is 9.16. The molecule has 0 amide bonds. The molecule has 0 unspecified atom stereocenters. The van der Waals surface area contributed by atoms with Gasteiger partial charge in [-0.2, -0.15) is 18.4 Å². The second kappa shape index (κ2) is 9.20. The van der Waals surface area contributed by atoms with Gasteiger partial charge in [-0.3, -0.25) is 9.88 Å². The van der Waals surface area contributed by atoms with E-state index in [2.05, 4.69) is 14.8 Å². The minimum atomic E-state index is -4.56. The third-order valence-corrected chi connectivity index (χ3v) is 7.53. The molecule has 2 aromatic rings. The Balaban J connectivity index is 1.38. The lowest BCUT2D eigenvalue weighted by atomic mass is 9.74. The average Bonchev–Trinajstić information content (AvgIpc) is 3.57. The van der Waals surface area contributed by atoms with E-state index in [1.54, 1.807) is 24.5 Å². The van der Waals surface area contributed by atoms with E-state index < -0.39 is 11.7 Å². The van der Waals surface area contributed by atoms with E-state index >= 15 is 0 Å². The van der Waals surface area contributed by atoms with Crippen LogP contribution in [0.1, 0.15) is 36.0 Å². The molecule has 2 aliphatic heterocycles. The fourth-order valence-electron chi connectivity index (χ4n) is 5.53. The Kier molecular flexibility index (Phi) is 6.26. The van der Waals surface area contributed by atoms with Gasteiger partial charge in [-0.15, -0.1) is 0 Å². The summed E-state index contributed by atoms with van der Waals surface area (Å²) in [5.74, 6) is 1.02. The first-order chi connectivity index (χ1) is 16.4. The highest BCUT2D eigenvalue weighted by Crippen LogP contribution is 2.45. The number of rotatable bonds is 7. The minimum absolute atomic E-state index is 0.132. The second-order valence-corrected chi connectivity index (χ2v) is 10.1. The number of piperidine rings is 1. The van der Waals surface area contributed by atoms with Crippen molar-refractivity contribution in [1.82, 2.24) is 9.88 Å². The Morgan fingerprint density at radius 2 is 1.91 bits per heavy atom. The van der Waals surface area contributed by atoms with Gasteiger partial charge in [0.1, 0.15) is 0 Å². The molecular formula is C26H29F3N4O.